The van der Waals surface area contributed by atoms with Crippen molar-refractivity contribution in [3.05, 3.63) is 62.1 Å². The Morgan fingerprint density at radius 3 is 2.77 bits per heavy atom. The van der Waals surface area contributed by atoms with E-state index in [4.69, 9.17) is 4.74 Å². The molecular formula is C18H19N3O4S. The van der Waals surface area contributed by atoms with E-state index in [1.165, 1.54) is 23.0 Å². The van der Waals surface area contributed by atoms with E-state index in [1.54, 1.807) is 17.5 Å². The van der Waals surface area contributed by atoms with E-state index in [1.807, 2.05) is 25.1 Å². The number of ether oxygens (including phenoxy) is 1. The van der Waals surface area contributed by atoms with Crippen LogP contribution in [0.5, 0.6) is 0 Å². The highest BCUT2D eigenvalue weighted by Gasteiger charge is 2.16. The molecule has 0 aliphatic carbocycles. The van der Waals surface area contributed by atoms with E-state index >= 15 is 0 Å². The van der Waals surface area contributed by atoms with Crippen LogP contribution in [0.3, 0.4) is 0 Å². The van der Waals surface area contributed by atoms with Crippen LogP contribution >= 0.6 is 11.3 Å². The fourth-order valence-corrected chi connectivity index (χ4v) is 3.58. The van der Waals surface area contributed by atoms with Gasteiger partial charge in [-0.2, -0.15) is 0 Å². The van der Waals surface area contributed by atoms with Gasteiger partial charge in [0.2, 0.25) is 5.91 Å². The second kappa shape index (κ2) is 7.67. The van der Waals surface area contributed by atoms with E-state index in [2.05, 4.69) is 5.32 Å². The summed E-state index contributed by atoms with van der Waals surface area (Å²) in [5.41, 5.74) is 1.29. The van der Waals surface area contributed by atoms with E-state index < -0.39 is 5.69 Å². The lowest BCUT2D eigenvalue weighted by Gasteiger charge is -2.12. The molecule has 8 heteroatoms. The minimum Gasteiger partial charge on any atom is -0.383 e. The number of fused-ring (bicyclic) bond motifs is 1. The van der Waals surface area contributed by atoms with Gasteiger partial charge < -0.3 is 10.1 Å². The molecule has 0 aliphatic heterocycles. The molecule has 0 saturated carbocycles. The minimum atomic E-state index is -0.516. The third-order valence-corrected chi connectivity index (χ3v) is 4.85. The Balaban J connectivity index is 1.96. The van der Waals surface area contributed by atoms with Crippen molar-refractivity contribution >= 4 is 33.1 Å². The number of carbonyl (C=O) groups is 1. The average Bonchev–Trinajstić information content (AvgIpc) is 3.08. The maximum Gasteiger partial charge on any atom is 0.332 e. The van der Waals surface area contributed by atoms with Crippen LogP contribution in [0.2, 0.25) is 0 Å². The molecule has 0 aliphatic rings. The first-order chi connectivity index (χ1) is 12.5. The fraction of sp³-hybridized carbons (Fsp3) is 0.278. The van der Waals surface area contributed by atoms with Crippen LogP contribution in [0, 0.1) is 6.92 Å². The van der Waals surface area contributed by atoms with E-state index in [-0.39, 0.29) is 31.2 Å². The number of nitrogens with one attached hydrogen (secondary N) is 1. The van der Waals surface area contributed by atoms with E-state index in [0.29, 0.717) is 15.9 Å². The van der Waals surface area contributed by atoms with Crippen LogP contribution in [0.4, 0.5) is 5.69 Å². The molecule has 0 bridgehead atoms. The first-order valence-corrected chi connectivity index (χ1v) is 8.95. The molecule has 0 saturated heterocycles. The van der Waals surface area contributed by atoms with Gasteiger partial charge in [0.05, 0.1) is 18.7 Å². The van der Waals surface area contributed by atoms with Gasteiger partial charge in [-0.25, -0.2) is 4.79 Å². The van der Waals surface area contributed by atoms with Gasteiger partial charge in [0, 0.05) is 12.8 Å². The number of rotatable bonds is 6. The zero-order valence-electron chi connectivity index (χ0n) is 14.5. The fourth-order valence-electron chi connectivity index (χ4n) is 2.73. The Labute approximate surface area is 153 Å². The van der Waals surface area contributed by atoms with E-state index in [9.17, 15) is 14.4 Å². The van der Waals surface area contributed by atoms with Gasteiger partial charge in [-0.1, -0.05) is 12.1 Å². The number of nitrogens with zero attached hydrogens (tertiary/aromatic N) is 2. The summed E-state index contributed by atoms with van der Waals surface area (Å²) >= 11 is 1.25. The van der Waals surface area contributed by atoms with Gasteiger partial charge in [0.1, 0.15) is 11.2 Å². The summed E-state index contributed by atoms with van der Waals surface area (Å²) in [6.45, 7) is 2.14. The summed E-state index contributed by atoms with van der Waals surface area (Å²) in [4.78, 5) is 37.7. The van der Waals surface area contributed by atoms with Gasteiger partial charge in [0.15, 0.2) is 0 Å². The van der Waals surface area contributed by atoms with Crippen molar-refractivity contribution in [3.63, 3.8) is 0 Å². The first-order valence-electron chi connectivity index (χ1n) is 8.07. The maximum absolute atomic E-state index is 12.7. The smallest absolute Gasteiger partial charge is 0.332 e. The molecular weight excluding hydrogens is 354 g/mol. The van der Waals surface area contributed by atoms with Crippen molar-refractivity contribution in [1.82, 2.24) is 9.13 Å². The second-order valence-corrected chi connectivity index (χ2v) is 6.79. The summed E-state index contributed by atoms with van der Waals surface area (Å²) in [6, 6.07) is 9.09. The highest BCUT2D eigenvalue weighted by Crippen LogP contribution is 2.15. The third-order valence-electron chi connectivity index (χ3n) is 3.96. The van der Waals surface area contributed by atoms with Crippen LogP contribution in [-0.2, 0) is 22.6 Å². The molecule has 0 fully saturated rings. The topological polar surface area (TPSA) is 82.3 Å². The quantitative estimate of drug-likeness (QED) is 0.715. The molecule has 0 unspecified atom stereocenters. The van der Waals surface area contributed by atoms with E-state index in [0.717, 1.165) is 10.1 Å². The SMILES string of the molecule is COCCn1c(=O)c2sccc2n(CC(=O)Nc2cccc(C)c2)c1=O. The summed E-state index contributed by atoms with van der Waals surface area (Å²) in [5.74, 6) is -0.331. The zero-order valence-corrected chi connectivity index (χ0v) is 15.3. The number of aryl methyl sites for hydroxylation is 1. The molecule has 26 heavy (non-hydrogen) atoms. The number of carbonyl (C=O) groups excluding carboxylic acids is 1. The monoisotopic (exact) mass is 373 g/mol. The molecule has 7 nitrogen and oxygen atoms in total. The van der Waals surface area contributed by atoms with Crippen LogP contribution in [0.15, 0.2) is 45.3 Å². The van der Waals surface area contributed by atoms with Crippen LogP contribution in [0.25, 0.3) is 10.2 Å². The lowest BCUT2D eigenvalue weighted by atomic mass is 10.2. The molecule has 2 heterocycles. The lowest BCUT2D eigenvalue weighted by molar-refractivity contribution is -0.116. The van der Waals surface area contributed by atoms with Gasteiger partial charge in [-0.05, 0) is 36.1 Å². The molecule has 2 aromatic heterocycles. The number of methoxy groups -OCH3 is 1. The van der Waals surface area contributed by atoms with Crippen LogP contribution in [-0.4, -0.2) is 28.8 Å². The number of benzene rings is 1. The number of thiophene rings is 1. The summed E-state index contributed by atoms with van der Waals surface area (Å²) < 4.78 is 7.87. The standard InChI is InChI=1S/C18H19N3O4S/c1-12-4-3-5-13(10-12)19-15(22)11-21-14-6-9-26-16(14)17(23)20(18(21)24)7-8-25-2/h3-6,9-10H,7-8,11H2,1-2H3,(H,19,22). The summed E-state index contributed by atoms with van der Waals surface area (Å²) in [5, 5.41) is 4.52. The Morgan fingerprint density at radius 1 is 1.23 bits per heavy atom. The van der Waals surface area contributed by atoms with Crippen molar-refractivity contribution in [2.75, 3.05) is 19.0 Å². The number of aromatic nitrogens is 2. The predicted molar refractivity (Wildman–Crippen MR) is 102 cm³/mol. The van der Waals surface area contributed by atoms with Crippen molar-refractivity contribution in [2.24, 2.45) is 0 Å². The number of hydrogen-bond donors (Lipinski definition) is 1. The predicted octanol–water partition coefficient (Wildman–Crippen LogP) is 1.82. The second-order valence-electron chi connectivity index (χ2n) is 5.87. The van der Waals surface area contributed by atoms with Crippen molar-refractivity contribution in [3.8, 4) is 0 Å². The molecule has 0 radical (unpaired) electrons. The minimum absolute atomic E-state index is 0.140. The molecule has 1 amide bonds. The molecule has 1 aromatic carbocycles. The Kier molecular flexibility index (Phi) is 5.34. The van der Waals surface area contributed by atoms with Gasteiger partial charge in [-0.3, -0.25) is 18.7 Å². The number of anilines is 1. The maximum atomic E-state index is 12.7. The highest BCUT2D eigenvalue weighted by atomic mass is 32.1. The zero-order chi connectivity index (χ0) is 18.7. The van der Waals surface area contributed by atoms with Gasteiger partial charge >= 0.3 is 5.69 Å². The Hall–Kier alpha value is -2.71. The average molecular weight is 373 g/mol. The van der Waals surface area contributed by atoms with Crippen molar-refractivity contribution in [1.29, 1.82) is 0 Å². The Bertz CT molecular complexity index is 1060. The lowest BCUT2D eigenvalue weighted by Crippen LogP contribution is -2.42. The summed E-state index contributed by atoms with van der Waals surface area (Å²) in [6.07, 6.45) is 0. The highest BCUT2D eigenvalue weighted by molar-refractivity contribution is 7.17. The number of amides is 1. The number of hydrogen-bond acceptors (Lipinski definition) is 5. The van der Waals surface area contributed by atoms with Crippen LogP contribution < -0.4 is 16.6 Å². The third kappa shape index (κ3) is 3.61. The first kappa shape index (κ1) is 18.1. The van der Waals surface area contributed by atoms with Crippen molar-refractivity contribution in [2.45, 2.75) is 20.0 Å². The molecule has 0 spiro atoms. The molecule has 1 N–H and O–H groups in total. The Morgan fingerprint density at radius 2 is 2.04 bits per heavy atom. The summed E-state index contributed by atoms with van der Waals surface area (Å²) in [7, 11) is 1.50. The van der Waals surface area contributed by atoms with Gasteiger partial charge in [0.25, 0.3) is 5.56 Å². The molecule has 0 atom stereocenters. The van der Waals surface area contributed by atoms with Crippen molar-refractivity contribution < 1.29 is 9.53 Å². The largest absolute Gasteiger partial charge is 0.383 e. The van der Waals surface area contributed by atoms with Crippen LogP contribution in [0.1, 0.15) is 5.56 Å². The molecule has 3 rings (SSSR count). The van der Waals surface area contributed by atoms with Gasteiger partial charge in [-0.15, -0.1) is 11.3 Å². The molecule has 136 valence electrons. The molecule has 3 aromatic rings. The normalized spacial score (nSPS) is 11.0.